The Morgan fingerprint density at radius 3 is 2.69 bits per heavy atom. The maximum Gasteiger partial charge on any atom is 0.147 e. The molecule has 90 valence electrons. The minimum atomic E-state index is -2.86. The highest BCUT2D eigenvalue weighted by Gasteiger charge is 2.02. The van der Waals surface area contributed by atoms with Crippen molar-refractivity contribution in [3.05, 3.63) is 23.8 Å². The highest BCUT2D eigenvalue weighted by Crippen LogP contribution is 2.17. The van der Waals surface area contributed by atoms with Gasteiger partial charge in [-0.05, 0) is 31.0 Å². The van der Waals surface area contributed by atoms with E-state index in [0.717, 1.165) is 11.3 Å². The van der Waals surface area contributed by atoms with Gasteiger partial charge < -0.3 is 11.1 Å². The number of benzene rings is 1. The number of aryl methyl sites for hydroxylation is 1. The zero-order chi connectivity index (χ0) is 12.2. The third kappa shape index (κ3) is 4.53. The van der Waals surface area contributed by atoms with E-state index in [1.807, 2.05) is 25.1 Å². The number of hydrogen-bond donors (Lipinski definition) is 2. The smallest absolute Gasteiger partial charge is 0.147 e. The molecule has 0 radical (unpaired) electrons. The van der Waals surface area contributed by atoms with Crippen LogP contribution in [0.2, 0.25) is 0 Å². The van der Waals surface area contributed by atoms with E-state index >= 15 is 0 Å². The number of nitrogens with one attached hydrogen (secondary N) is 1. The Hall–Kier alpha value is -1.23. The molecule has 0 heterocycles. The normalized spacial score (nSPS) is 11.4. The van der Waals surface area contributed by atoms with Crippen LogP contribution >= 0.6 is 0 Å². The van der Waals surface area contributed by atoms with Gasteiger partial charge in [0, 0.05) is 24.2 Å². The van der Waals surface area contributed by atoms with Crippen molar-refractivity contribution in [1.29, 1.82) is 0 Å². The molecule has 0 fully saturated rings. The Morgan fingerprint density at radius 2 is 2.06 bits per heavy atom. The average Bonchev–Trinajstić information content (AvgIpc) is 2.16. The molecule has 0 amide bonds. The van der Waals surface area contributed by atoms with E-state index in [1.54, 1.807) is 0 Å². The summed E-state index contributed by atoms with van der Waals surface area (Å²) < 4.78 is 21.8. The fraction of sp³-hybridized carbons (Fsp3) is 0.455. The molecule has 0 spiro atoms. The van der Waals surface area contributed by atoms with Crippen LogP contribution in [0.5, 0.6) is 0 Å². The first kappa shape index (κ1) is 12.8. The molecule has 0 aliphatic heterocycles. The van der Waals surface area contributed by atoms with Gasteiger partial charge in [-0.2, -0.15) is 0 Å². The first-order valence-corrected chi connectivity index (χ1v) is 7.22. The molecule has 0 bridgehead atoms. The molecule has 3 N–H and O–H groups in total. The van der Waals surface area contributed by atoms with Crippen molar-refractivity contribution < 1.29 is 8.42 Å². The average molecular weight is 242 g/mol. The standard InChI is InChI=1S/C11H18N2O2S/c1-9-4-5-10(12)8-11(9)13-6-3-7-16(2,14)15/h4-5,8,13H,3,6-7,12H2,1-2H3. The lowest BCUT2D eigenvalue weighted by molar-refractivity contribution is 0.600. The van der Waals surface area contributed by atoms with Crippen LogP contribution in [0.4, 0.5) is 11.4 Å². The van der Waals surface area contributed by atoms with Crippen LogP contribution in [0, 0.1) is 6.92 Å². The second kappa shape index (κ2) is 5.21. The number of rotatable bonds is 5. The van der Waals surface area contributed by atoms with E-state index in [0.29, 0.717) is 18.7 Å². The van der Waals surface area contributed by atoms with Crippen molar-refractivity contribution in [2.24, 2.45) is 0 Å². The monoisotopic (exact) mass is 242 g/mol. The van der Waals surface area contributed by atoms with Crippen LogP contribution in [0.25, 0.3) is 0 Å². The zero-order valence-electron chi connectivity index (χ0n) is 9.66. The summed E-state index contributed by atoms with van der Waals surface area (Å²) in [5, 5.41) is 3.18. The van der Waals surface area contributed by atoms with Gasteiger partial charge >= 0.3 is 0 Å². The van der Waals surface area contributed by atoms with Crippen LogP contribution in [0.15, 0.2) is 18.2 Å². The third-order valence-electron chi connectivity index (χ3n) is 2.27. The van der Waals surface area contributed by atoms with E-state index < -0.39 is 9.84 Å². The van der Waals surface area contributed by atoms with Crippen molar-refractivity contribution >= 4 is 21.2 Å². The molecule has 0 aliphatic rings. The molecule has 16 heavy (non-hydrogen) atoms. The summed E-state index contributed by atoms with van der Waals surface area (Å²) in [5.74, 6) is 0.210. The molecule has 0 unspecified atom stereocenters. The summed E-state index contributed by atoms with van der Waals surface area (Å²) in [6.07, 6.45) is 1.85. The Kier molecular flexibility index (Phi) is 4.18. The highest BCUT2D eigenvalue weighted by molar-refractivity contribution is 7.90. The summed E-state index contributed by atoms with van der Waals surface area (Å²) in [4.78, 5) is 0. The van der Waals surface area contributed by atoms with E-state index in [4.69, 9.17) is 5.73 Å². The number of anilines is 2. The number of nitrogens with two attached hydrogens (primary N) is 1. The van der Waals surface area contributed by atoms with Gasteiger partial charge in [0.1, 0.15) is 9.84 Å². The van der Waals surface area contributed by atoms with Crippen molar-refractivity contribution in [3.8, 4) is 0 Å². The second-order valence-electron chi connectivity index (χ2n) is 3.98. The second-order valence-corrected chi connectivity index (χ2v) is 6.24. The minimum absolute atomic E-state index is 0.210. The molecule has 5 heteroatoms. The van der Waals surface area contributed by atoms with Crippen molar-refractivity contribution in [2.75, 3.05) is 29.6 Å². The van der Waals surface area contributed by atoms with Gasteiger partial charge in [-0.3, -0.25) is 0 Å². The summed E-state index contributed by atoms with van der Waals surface area (Å²) in [7, 11) is -2.86. The number of hydrogen-bond acceptors (Lipinski definition) is 4. The summed E-state index contributed by atoms with van der Waals surface area (Å²) in [6, 6.07) is 5.64. The van der Waals surface area contributed by atoms with Crippen LogP contribution in [0.3, 0.4) is 0 Å². The highest BCUT2D eigenvalue weighted by atomic mass is 32.2. The molecule has 1 rings (SSSR count). The number of nitrogen functional groups attached to an aromatic ring is 1. The number of sulfone groups is 1. The topological polar surface area (TPSA) is 72.2 Å². The van der Waals surface area contributed by atoms with Crippen LogP contribution in [-0.2, 0) is 9.84 Å². The predicted molar refractivity (Wildman–Crippen MR) is 68.4 cm³/mol. The molecule has 1 aromatic carbocycles. The lowest BCUT2D eigenvalue weighted by Crippen LogP contribution is -2.10. The van der Waals surface area contributed by atoms with E-state index in [9.17, 15) is 8.42 Å². The lowest BCUT2D eigenvalue weighted by Gasteiger charge is -2.09. The molecule has 0 atom stereocenters. The third-order valence-corrected chi connectivity index (χ3v) is 3.30. The first-order valence-electron chi connectivity index (χ1n) is 5.16. The van der Waals surface area contributed by atoms with Gasteiger partial charge in [0.2, 0.25) is 0 Å². The molecule has 0 aromatic heterocycles. The summed E-state index contributed by atoms with van der Waals surface area (Å²) >= 11 is 0. The maximum atomic E-state index is 10.9. The van der Waals surface area contributed by atoms with Gasteiger partial charge in [0.25, 0.3) is 0 Å². The van der Waals surface area contributed by atoms with Gasteiger partial charge in [0.05, 0.1) is 5.75 Å². The molecule has 0 aliphatic carbocycles. The van der Waals surface area contributed by atoms with Crippen molar-refractivity contribution in [2.45, 2.75) is 13.3 Å². The Morgan fingerprint density at radius 1 is 1.38 bits per heavy atom. The molecular formula is C11H18N2O2S. The molecular weight excluding hydrogens is 224 g/mol. The quantitative estimate of drug-likeness (QED) is 0.605. The van der Waals surface area contributed by atoms with Crippen molar-refractivity contribution in [1.82, 2.24) is 0 Å². The largest absolute Gasteiger partial charge is 0.399 e. The maximum absolute atomic E-state index is 10.9. The van der Waals surface area contributed by atoms with E-state index in [1.165, 1.54) is 6.26 Å². The van der Waals surface area contributed by atoms with Crippen molar-refractivity contribution in [3.63, 3.8) is 0 Å². The van der Waals surface area contributed by atoms with Gasteiger partial charge in [-0.25, -0.2) is 8.42 Å². The van der Waals surface area contributed by atoms with Crippen LogP contribution in [0.1, 0.15) is 12.0 Å². The molecule has 4 nitrogen and oxygen atoms in total. The summed E-state index contributed by atoms with van der Waals surface area (Å²) in [5.41, 5.74) is 8.44. The van der Waals surface area contributed by atoms with Crippen LogP contribution < -0.4 is 11.1 Å². The lowest BCUT2D eigenvalue weighted by atomic mass is 10.2. The molecule has 1 aromatic rings. The van der Waals surface area contributed by atoms with E-state index in [-0.39, 0.29) is 5.75 Å². The predicted octanol–water partition coefficient (Wildman–Crippen LogP) is 1.42. The van der Waals surface area contributed by atoms with Crippen LogP contribution in [-0.4, -0.2) is 27.0 Å². The fourth-order valence-electron chi connectivity index (χ4n) is 1.39. The van der Waals surface area contributed by atoms with Gasteiger partial charge in [-0.1, -0.05) is 6.07 Å². The SMILES string of the molecule is Cc1ccc(N)cc1NCCCS(C)(=O)=O. The zero-order valence-corrected chi connectivity index (χ0v) is 10.5. The van der Waals surface area contributed by atoms with Gasteiger partial charge in [-0.15, -0.1) is 0 Å². The molecule has 0 saturated heterocycles. The summed E-state index contributed by atoms with van der Waals surface area (Å²) in [6.45, 7) is 2.62. The first-order chi connectivity index (χ1) is 7.38. The van der Waals surface area contributed by atoms with E-state index in [2.05, 4.69) is 5.32 Å². The fourth-order valence-corrected chi connectivity index (χ4v) is 2.06. The van der Waals surface area contributed by atoms with Gasteiger partial charge in [0.15, 0.2) is 0 Å². The minimum Gasteiger partial charge on any atom is -0.399 e. The molecule has 0 saturated carbocycles. The Labute approximate surface area is 96.8 Å². The Balaban J connectivity index is 2.46. The Bertz CT molecular complexity index is 455.